The van der Waals surface area contributed by atoms with Crippen molar-refractivity contribution in [3.05, 3.63) is 29.3 Å². The quantitative estimate of drug-likeness (QED) is 0.900. The molecule has 1 aromatic rings. The van der Waals surface area contributed by atoms with Crippen LogP contribution in [0.5, 0.6) is 5.75 Å². The molecule has 0 aliphatic carbocycles. The molecule has 1 atom stereocenters. The maximum Gasteiger partial charge on any atom is 0.416 e. The van der Waals surface area contributed by atoms with Crippen molar-refractivity contribution in [3.8, 4) is 5.75 Å². The molecule has 0 aliphatic rings. The van der Waals surface area contributed by atoms with Crippen LogP contribution in [0.15, 0.2) is 18.2 Å². The Balaban J connectivity index is 3.26. The van der Waals surface area contributed by atoms with Crippen LogP contribution < -0.4 is 4.74 Å². The van der Waals surface area contributed by atoms with E-state index in [0.717, 1.165) is 6.07 Å². The van der Waals surface area contributed by atoms with Crippen LogP contribution in [0.25, 0.3) is 0 Å². The second-order valence-electron chi connectivity index (χ2n) is 4.43. The number of ether oxygens (including phenoxy) is 2. The summed E-state index contributed by atoms with van der Waals surface area (Å²) in [6.07, 6.45) is -4.49. The van der Waals surface area contributed by atoms with Crippen LogP contribution in [0.2, 0.25) is 0 Å². The first kappa shape index (κ1) is 15.8. The zero-order valence-electron chi connectivity index (χ0n) is 11.0. The van der Waals surface area contributed by atoms with Gasteiger partial charge in [-0.1, -0.05) is 6.07 Å². The Bertz CT molecular complexity index is 428. The summed E-state index contributed by atoms with van der Waals surface area (Å²) in [5, 5.41) is 10.2. The zero-order chi connectivity index (χ0) is 14.7. The van der Waals surface area contributed by atoms with Gasteiger partial charge in [-0.3, -0.25) is 0 Å². The predicted octanol–water partition coefficient (Wildman–Crippen LogP) is 2.96. The fraction of sp³-hybridized carbons (Fsp3) is 0.538. The van der Waals surface area contributed by atoms with E-state index in [1.54, 1.807) is 0 Å². The summed E-state index contributed by atoms with van der Waals surface area (Å²) in [5.41, 5.74) is -2.70. The smallest absolute Gasteiger partial charge is 0.416 e. The molecule has 1 aromatic carbocycles. The maximum absolute atomic E-state index is 13.0. The van der Waals surface area contributed by atoms with Gasteiger partial charge in [0, 0.05) is 20.1 Å². The van der Waals surface area contributed by atoms with E-state index in [4.69, 9.17) is 9.47 Å². The van der Waals surface area contributed by atoms with Crippen LogP contribution in [-0.2, 0) is 16.5 Å². The van der Waals surface area contributed by atoms with E-state index >= 15 is 0 Å². The van der Waals surface area contributed by atoms with Crippen molar-refractivity contribution >= 4 is 0 Å². The van der Waals surface area contributed by atoms with Gasteiger partial charge in [0.05, 0.1) is 18.3 Å². The van der Waals surface area contributed by atoms with Crippen molar-refractivity contribution in [2.24, 2.45) is 0 Å². The molecule has 108 valence electrons. The molecule has 0 aliphatic heterocycles. The van der Waals surface area contributed by atoms with Crippen molar-refractivity contribution in [3.63, 3.8) is 0 Å². The summed E-state index contributed by atoms with van der Waals surface area (Å²) >= 11 is 0. The van der Waals surface area contributed by atoms with E-state index < -0.39 is 17.3 Å². The third kappa shape index (κ3) is 3.84. The van der Waals surface area contributed by atoms with Gasteiger partial charge in [-0.25, -0.2) is 0 Å². The molecular formula is C13H17F3O3. The minimum Gasteiger partial charge on any atom is -0.497 e. The highest BCUT2D eigenvalue weighted by Crippen LogP contribution is 2.39. The van der Waals surface area contributed by atoms with Crippen LogP contribution in [0, 0.1) is 0 Å². The molecule has 0 aromatic heterocycles. The van der Waals surface area contributed by atoms with Crippen LogP contribution in [0.1, 0.15) is 24.5 Å². The molecule has 19 heavy (non-hydrogen) atoms. The van der Waals surface area contributed by atoms with Crippen molar-refractivity contribution in [2.75, 3.05) is 20.8 Å². The van der Waals surface area contributed by atoms with Crippen LogP contribution in [0.4, 0.5) is 13.2 Å². The fourth-order valence-electron chi connectivity index (χ4n) is 1.79. The summed E-state index contributed by atoms with van der Waals surface area (Å²) in [7, 11) is 2.72. The van der Waals surface area contributed by atoms with Gasteiger partial charge in [0.2, 0.25) is 0 Å². The van der Waals surface area contributed by atoms with Gasteiger partial charge in [0.25, 0.3) is 0 Å². The van der Waals surface area contributed by atoms with Gasteiger partial charge < -0.3 is 14.6 Å². The maximum atomic E-state index is 13.0. The highest BCUT2D eigenvalue weighted by molar-refractivity contribution is 5.40. The molecule has 6 heteroatoms. The lowest BCUT2D eigenvalue weighted by Crippen LogP contribution is -2.27. The number of hydrogen-bond donors (Lipinski definition) is 1. The van der Waals surface area contributed by atoms with E-state index in [-0.39, 0.29) is 24.3 Å². The Kier molecular flexibility index (Phi) is 4.81. The zero-order valence-corrected chi connectivity index (χ0v) is 11.0. The number of rotatable bonds is 5. The average Bonchev–Trinajstić information content (AvgIpc) is 2.34. The van der Waals surface area contributed by atoms with Crippen molar-refractivity contribution in [1.29, 1.82) is 0 Å². The summed E-state index contributed by atoms with van der Waals surface area (Å²) in [6, 6.07) is 3.51. The summed E-state index contributed by atoms with van der Waals surface area (Å²) < 4.78 is 48.7. The molecule has 0 bridgehead atoms. The van der Waals surface area contributed by atoms with Crippen LogP contribution in [0.3, 0.4) is 0 Å². The number of hydrogen-bond acceptors (Lipinski definition) is 3. The highest BCUT2D eigenvalue weighted by Gasteiger charge is 2.39. The molecule has 0 saturated heterocycles. The standard InChI is InChI=1S/C13H17F3O3/c1-12(17,6-7-18-2)10-5-4-9(19-3)8-11(10)13(14,15)16/h4-5,8,17H,6-7H2,1-3H3/t12-/m1/s1. The minimum atomic E-state index is -4.55. The lowest BCUT2D eigenvalue weighted by atomic mass is 9.88. The fourth-order valence-corrected chi connectivity index (χ4v) is 1.79. The second-order valence-corrected chi connectivity index (χ2v) is 4.43. The minimum absolute atomic E-state index is 0.0684. The molecule has 0 saturated carbocycles. The first-order valence-corrected chi connectivity index (χ1v) is 5.69. The lowest BCUT2D eigenvalue weighted by Gasteiger charge is -2.27. The van der Waals surface area contributed by atoms with Gasteiger partial charge in [-0.05, 0) is 24.6 Å². The largest absolute Gasteiger partial charge is 0.497 e. The summed E-state index contributed by atoms with van der Waals surface area (Å²) in [5.74, 6) is 0.0959. The average molecular weight is 278 g/mol. The molecule has 3 nitrogen and oxygen atoms in total. The number of alkyl halides is 3. The Labute approximate surface area is 110 Å². The highest BCUT2D eigenvalue weighted by atomic mass is 19.4. The molecular weight excluding hydrogens is 261 g/mol. The molecule has 0 spiro atoms. The third-order valence-corrected chi connectivity index (χ3v) is 2.91. The molecule has 0 radical (unpaired) electrons. The number of aliphatic hydroxyl groups is 1. The van der Waals surface area contributed by atoms with E-state index in [1.807, 2.05) is 0 Å². The van der Waals surface area contributed by atoms with Crippen molar-refractivity contribution in [2.45, 2.75) is 25.1 Å². The lowest BCUT2D eigenvalue weighted by molar-refractivity contribution is -0.140. The van der Waals surface area contributed by atoms with Gasteiger partial charge in [0.15, 0.2) is 0 Å². The van der Waals surface area contributed by atoms with Gasteiger partial charge in [-0.15, -0.1) is 0 Å². The summed E-state index contributed by atoms with van der Waals surface area (Å²) in [4.78, 5) is 0. The summed E-state index contributed by atoms with van der Waals surface area (Å²) in [6.45, 7) is 1.50. The molecule has 1 rings (SSSR count). The first-order chi connectivity index (χ1) is 8.72. The number of benzene rings is 1. The molecule has 0 fully saturated rings. The van der Waals surface area contributed by atoms with E-state index in [9.17, 15) is 18.3 Å². The first-order valence-electron chi connectivity index (χ1n) is 5.69. The molecule has 0 amide bonds. The van der Waals surface area contributed by atoms with Gasteiger partial charge >= 0.3 is 6.18 Å². The Morgan fingerprint density at radius 1 is 1.16 bits per heavy atom. The second kappa shape index (κ2) is 5.79. The van der Waals surface area contributed by atoms with Crippen LogP contribution >= 0.6 is 0 Å². The van der Waals surface area contributed by atoms with E-state index in [1.165, 1.54) is 33.3 Å². The predicted molar refractivity (Wildman–Crippen MR) is 64.1 cm³/mol. The number of halogens is 3. The molecule has 0 heterocycles. The van der Waals surface area contributed by atoms with E-state index in [0.29, 0.717) is 0 Å². The van der Waals surface area contributed by atoms with Gasteiger partial charge in [0.1, 0.15) is 5.75 Å². The molecule has 1 N–H and O–H groups in total. The van der Waals surface area contributed by atoms with Crippen molar-refractivity contribution in [1.82, 2.24) is 0 Å². The monoisotopic (exact) mass is 278 g/mol. The Morgan fingerprint density at radius 3 is 2.26 bits per heavy atom. The SMILES string of the molecule is COCC[C@@](C)(O)c1ccc(OC)cc1C(F)(F)F. The Morgan fingerprint density at radius 2 is 1.79 bits per heavy atom. The topological polar surface area (TPSA) is 38.7 Å². The number of methoxy groups -OCH3 is 2. The molecule has 0 unspecified atom stereocenters. The third-order valence-electron chi connectivity index (χ3n) is 2.91. The normalized spacial score (nSPS) is 15.1. The van der Waals surface area contributed by atoms with Crippen LogP contribution in [-0.4, -0.2) is 25.9 Å². The van der Waals surface area contributed by atoms with Gasteiger partial charge in [-0.2, -0.15) is 13.2 Å². The Hall–Kier alpha value is -1.27. The van der Waals surface area contributed by atoms with Crippen molar-refractivity contribution < 1.29 is 27.8 Å². The van der Waals surface area contributed by atoms with E-state index in [2.05, 4.69) is 0 Å².